The van der Waals surface area contributed by atoms with Gasteiger partial charge < -0.3 is 4.74 Å². The fourth-order valence-electron chi connectivity index (χ4n) is 8.78. The molecule has 0 unspecified atom stereocenters. The molecular weight excluding hydrogens is 628 g/mol. The zero-order chi connectivity index (χ0) is 30.7. The third-order valence-corrected chi connectivity index (χ3v) is 11.0. The first-order chi connectivity index (χ1) is 21.8. The first-order valence-electron chi connectivity index (χ1n) is 15.8. The molecular formula is C38H33BrN2O4. The third-order valence-electron chi connectivity index (χ3n) is 10.4. The van der Waals surface area contributed by atoms with Gasteiger partial charge in [0.15, 0.2) is 0 Å². The number of imide groups is 2. The molecule has 4 saturated carbocycles. The molecule has 6 nitrogen and oxygen atoms in total. The number of nitrogens with one attached hydrogen (secondary N) is 1. The smallest absolute Gasteiger partial charge is 0.335 e. The number of hydrogen-bond acceptors (Lipinski definition) is 4. The summed E-state index contributed by atoms with van der Waals surface area (Å²) in [5.74, 6) is 1.77. The van der Waals surface area contributed by atoms with Gasteiger partial charge in [0.05, 0.1) is 10.2 Å². The molecule has 4 aromatic carbocycles. The summed E-state index contributed by atoms with van der Waals surface area (Å²) < 4.78 is 6.82. The van der Waals surface area contributed by atoms with Crippen LogP contribution in [0.5, 0.6) is 5.75 Å². The average molecular weight is 662 g/mol. The molecule has 9 rings (SSSR count). The van der Waals surface area contributed by atoms with Crippen LogP contribution < -0.4 is 15.0 Å². The van der Waals surface area contributed by atoms with Crippen LogP contribution in [0.4, 0.5) is 10.5 Å². The maximum atomic E-state index is 13.6. The number of nitrogens with zero attached hydrogens (tertiary/aromatic N) is 1. The highest BCUT2D eigenvalue weighted by atomic mass is 79.9. The number of hydrogen-bond donors (Lipinski definition) is 1. The van der Waals surface area contributed by atoms with Crippen molar-refractivity contribution in [3.63, 3.8) is 0 Å². The predicted molar refractivity (Wildman–Crippen MR) is 178 cm³/mol. The summed E-state index contributed by atoms with van der Waals surface area (Å²) in [6.45, 7) is 0.389. The number of rotatable bonds is 6. The minimum atomic E-state index is -0.733. The zero-order valence-corrected chi connectivity index (χ0v) is 26.4. The van der Waals surface area contributed by atoms with Crippen LogP contribution in [0.25, 0.3) is 16.8 Å². The Balaban J connectivity index is 1.01. The van der Waals surface area contributed by atoms with Crippen LogP contribution in [0.2, 0.25) is 0 Å². The van der Waals surface area contributed by atoms with Gasteiger partial charge >= 0.3 is 6.03 Å². The van der Waals surface area contributed by atoms with Crippen LogP contribution in [-0.2, 0) is 21.6 Å². The second-order valence-corrected chi connectivity index (χ2v) is 14.2. The number of anilines is 1. The molecule has 1 N–H and O–H groups in total. The highest BCUT2D eigenvalue weighted by molar-refractivity contribution is 9.10. The lowest BCUT2D eigenvalue weighted by Crippen LogP contribution is -2.54. The topological polar surface area (TPSA) is 75.7 Å². The Morgan fingerprint density at radius 1 is 0.844 bits per heavy atom. The van der Waals surface area contributed by atoms with Gasteiger partial charge in [-0.1, -0.05) is 60.7 Å². The first kappa shape index (κ1) is 28.3. The molecule has 0 aromatic heterocycles. The summed E-state index contributed by atoms with van der Waals surface area (Å²) in [6.07, 6.45) is 9.36. The number of carbonyl (C=O) groups is 3. The van der Waals surface area contributed by atoms with Crippen molar-refractivity contribution in [2.45, 2.75) is 50.5 Å². The van der Waals surface area contributed by atoms with E-state index < -0.39 is 17.8 Å². The van der Waals surface area contributed by atoms with Crippen molar-refractivity contribution < 1.29 is 19.1 Å². The SMILES string of the molecule is O=C1NC(=O)N(c2ccc(C34CC5CC(CC(C5)C3)C4)cc2)C(=O)/C1=C/c1ccc(OCc2cccc3ccccc23)c(Br)c1. The summed E-state index contributed by atoms with van der Waals surface area (Å²) in [4.78, 5) is 40.4. The molecule has 226 valence electrons. The van der Waals surface area contributed by atoms with Crippen LogP contribution in [0.15, 0.2) is 95.0 Å². The maximum Gasteiger partial charge on any atom is 0.335 e. The Morgan fingerprint density at radius 3 is 2.24 bits per heavy atom. The fourth-order valence-corrected chi connectivity index (χ4v) is 9.30. The quantitative estimate of drug-likeness (QED) is 0.167. The van der Waals surface area contributed by atoms with E-state index in [-0.39, 0.29) is 11.0 Å². The summed E-state index contributed by atoms with van der Waals surface area (Å²) in [5, 5.41) is 4.65. The van der Waals surface area contributed by atoms with Gasteiger partial charge in [0, 0.05) is 0 Å². The van der Waals surface area contributed by atoms with Crippen molar-refractivity contribution in [3.05, 3.63) is 112 Å². The monoisotopic (exact) mass is 660 g/mol. The molecule has 1 heterocycles. The van der Waals surface area contributed by atoms with E-state index in [1.807, 2.05) is 36.4 Å². The Labute approximate surface area is 270 Å². The van der Waals surface area contributed by atoms with Crippen molar-refractivity contribution in [2.24, 2.45) is 17.8 Å². The highest BCUT2D eigenvalue weighted by Gasteiger charge is 2.51. The van der Waals surface area contributed by atoms with Crippen LogP contribution in [0.3, 0.4) is 0 Å². The molecule has 0 spiro atoms. The van der Waals surface area contributed by atoms with E-state index in [1.165, 1.54) is 50.2 Å². The minimum absolute atomic E-state index is 0.101. The van der Waals surface area contributed by atoms with Gasteiger partial charge in [0.25, 0.3) is 11.8 Å². The lowest BCUT2D eigenvalue weighted by Gasteiger charge is -2.57. The number of amides is 4. The Hall–Kier alpha value is -4.23. The van der Waals surface area contributed by atoms with E-state index in [0.717, 1.165) is 39.0 Å². The minimum Gasteiger partial charge on any atom is -0.488 e. The van der Waals surface area contributed by atoms with Crippen molar-refractivity contribution in [2.75, 3.05) is 4.90 Å². The summed E-state index contributed by atoms with van der Waals surface area (Å²) in [7, 11) is 0. The van der Waals surface area contributed by atoms with Crippen molar-refractivity contribution >= 4 is 56.3 Å². The molecule has 45 heavy (non-hydrogen) atoms. The van der Waals surface area contributed by atoms with Gasteiger partial charge in [-0.05, 0) is 135 Å². The molecule has 4 aromatic rings. The molecule has 4 bridgehead atoms. The standard InChI is InChI=1S/C38H33BrN2O4/c39-33-18-23(8-13-34(33)45-22-28-6-3-5-27-4-1-2-7-31(27)28)17-32-35(42)40-37(44)41(36(32)43)30-11-9-29(10-12-30)38-19-24-14-25(20-38)16-26(15-24)21-38/h1-13,17-18,24-26H,14-16,19-22H2,(H,40,42,44)/b32-17+. The Kier molecular flexibility index (Phi) is 6.90. The van der Waals surface area contributed by atoms with Gasteiger partial charge in [0.2, 0.25) is 0 Å². The van der Waals surface area contributed by atoms with Gasteiger partial charge in [0.1, 0.15) is 17.9 Å². The maximum absolute atomic E-state index is 13.6. The van der Waals surface area contributed by atoms with Crippen molar-refractivity contribution in [3.8, 4) is 5.75 Å². The fraction of sp³-hybridized carbons (Fsp3) is 0.289. The number of benzene rings is 4. The Bertz CT molecular complexity index is 1860. The average Bonchev–Trinajstić information content (AvgIpc) is 3.02. The van der Waals surface area contributed by atoms with Crippen molar-refractivity contribution in [1.29, 1.82) is 0 Å². The number of barbiturate groups is 1. The molecule has 0 radical (unpaired) electrons. The molecule has 1 aliphatic heterocycles. The molecule has 4 aliphatic carbocycles. The predicted octanol–water partition coefficient (Wildman–Crippen LogP) is 8.32. The van der Waals surface area contributed by atoms with E-state index in [0.29, 0.717) is 28.1 Å². The number of fused-ring (bicyclic) bond motifs is 1. The lowest BCUT2D eigenvalue weighted by molar-refractivity contribution is -0.122. The largest absolute Gasteiger partial charge is 0.488 e. The van der Waals surface area contributed by atoms with E-state index in [4.69, 9.17) is 4.74 Å². The molecule has 0 atom stereocenters. The van der Waals surface area contributed by atoms with Crippen LogP contribution in [0, 0.1) is 17.8 Å². The second-order valence-electron chi connectivity index (χ2n) is 13.3. The molecule has 5 fully saturated rings. The summed E-state index contributed by atoms with van der Waals surface area (Å²) in [5.41, 5.74) is 3.60. The van der Waals surface area contributed by atoms with Gasteiger partial charge in [-0.2, -0.15) is 0 Å². The van der Waals surface area contributed by atoms with E-state index in [2.05, 4.69) is 51.6 Å². The van der Waals surface area contributed by atoms with Crippen molar-refractivity contribution in [1.82, 2.24) is 5.32 Å². The normalized spacial score (nSPS) is 26.5. The lowest BCUT2D eigenvalue weighted by atomic mass is 9.48. The molecule has 1 saturated heterocycles. The molecule has 7 heteroatoms. The number of ether oxygens (including phenoxy) is 1. The molecule has 5 aliphatic rings. The second kappa shape index (κ2) is 11.0. The van der Waals surface area contributed by atoms with Crippen LogP contribution >= 0.6 is 15.9 Å². The zero-order valence-electron chi connectivity index (χ0n) is 24.8. The van der Waals surface area contributed by atoms with E-state index in [1.54, 1.807) is 18.2 Å². The van der Waals surface area contributed by atoms with E-state index in [9.17, 15) is 14.4 Å². The molecule has 4 amide bonds. The summed E-state index contributed by atoms with van der Waals surface area (Å²) >= 11 is 3.58. The van der Waals surface area contributed by atoms with E-state index >= 15 is 0 Å². The van der Waals surface area contributed by atoms with Gasteiger partial charge in [-0.25, -0.2) is 9.69 Å². The van der Waals surface area contributed by atoms with Gasteiger partial charge in [-0.15, -0.1) is 0 Å². The number of halogens is 1. The third kappa shape index (κ3) is 5.07. The van der Waals surface area contributed by atoms with Crippen LogP contribution in [0.1, 0.15) is 55.2 Å². The van der Waals surface area contributed by atoms with Gasteiger partial charge in [-0.3, -0.25) is 14.9 Å². The summed E-state index contributed by atoms with van der Waals surface area (Å²) in [6, 6.07) is 26.9. The number of urea groups is 1. The Morgan fingerprint density at radius 2 is 1.53 bits per heavy atom. The number of carbonyl (C=O) groups excluding carboxylic acids is 3. The highest BCUT2D eigenvalue weighted by Crippen LogP contribution is 2.60. The first-order valence-corrected chi connectivity index (χ1v) is 16.6. The van der Waals surface area contributed by atoms with Crippen LogP contribution in [-0.4, -0.2) is 17.8 Å².